The van der Waals surface area contributed by atoms with Gasteiger partial charge >= 0.3 is 5.97 Å². The predicted octanol–water partition coefficient (Wildman–Crippen LogP) is 1.34. The zero-order chi connectivity index (χ0) is 13.5. The van der Waals surface area contributed by atoms with E-state index in [9.17, 15) is 9.59 Å². The minimum absolute atomic E-state index is 0.0858. The summed E-state index contributed by atoms with van der Waals surface area (Å²) in [4.78, 5) is 28.3. The number of aromatic nitrogens is 1. The first-order valence-electron chi connectivity index (χ1n) is 5.95. The van der Waals surface area contributed by atoms with E-state index in [1.807, 2.05) is 13.8 Å². The number of carbonyl (C=O) groups is 2. The smallest absolute Gasteiger partial charge is 0.323 e. The normalized spacial score (nSPS) is 11.9. The van der Waals surface area contributed by atoms with Gasteiger partial charge in [0.05, 0.1) is 6.42 Å². The number of carboxylic acid groups (broad SMARTS) is 1. The third-order valence-electron chi connectivity index (χ3n) is 2.81. The largest absolute Gasteiger partial charge is 0.480 e. The van der Waals surface area contributed by atoms with E-state index in [2.05, 4.69) is 4.98 Å². The van der Waals surface area contributed by atoms with E-state index in [1.54, 1.807) is 24.4 Å². The van der Waals surface area contributed by atoms with Crippen LogP contribution in [0.25, 0.3) is 0 Å². The Labute approximate surface area is 106 Å². The van der Waals surface area contributed by atoms with Crippen molar-refractivity contribution in [2.45, 2.75) is 32.7 Å². The standard InChI is InChI=1S/C13H18N2O3/c1-3-10(2)15(9-13(17)18)12(16)8-11-6-4-5-7-14-11/h4-7,10H,3,8-9H2,1-2H3,(H,17,18). The molecule has 1 aromatic heterocycles. The molecule has 1 N–H and O–H groups in total. The quantitative estimate of drug-likeness (QED) is 0.827. The van der Waals surface area contributed by atoms with Crippen LogP contribution < -0.4 is 0 Å². The maximum absolute atomic E-state index is 12.1. The van der Waals surface area contributed by atoms with E-state index in [-0.39, 0.29) is 24.9 Å². The Balaban J connectivity index is 2.73. The summed E-state index contributed by atoms with van der Waals surface area (Å²) < 4.78 is 0. The minimum atomic E-state index is -0.996. The van der Waals surface area contributed by atoms with Crippen LogP contribution in [0.5, 0.6) is 0 Å². The molecule has 0 saturated heterocycles. The lowest BCUT2D eigenvalue weighted by molar-refractivity contribution is -0.145. The van der Waals surface area contributed by atoms with Crippen LogP contribution in [0, 0.1) is 0 Å². The van der Waals surface area contributed by atoms with Gasteiger partial charge in [-0.15, -0.1) is 0 Å². The number of nitrogens with zero attached hydrogens (tertiary/aromatic N) is 2. The maximum atomic E-state index is 12.1. The highest BCUT2D eigenvalue weighted by atomic mass is 16.4. The van der Waals surface area contributed by atoms with Crippen molar-refractivity contribution in [3.8, 4) is 0 Å². The minimum Gasteiger partial charge on any atom is -0.480 e. The summed E-state index contributed by atoms with van der Waals surface area (Å²) in [6, 6.07) is 5.25. The van der Waals surface area contributed by atoms with E-state index in [1.165, 1.54) is 4.90 Å². The van der Waals surface area contributed by atoms with Crippen molar-refractivity contribution in [1.29, 1.82) is 0 Å². The first-order valence-corrected chi connectivity index (χ1v) is 5.95. The molecule has 1 amide bonds. The molecule has 5 nitrogen and oxygen atoms in total. The van der Waals surface area contributed by atoms with Gasteiger partial charge in [-0.25, -0.2) is 0 Å². The van der Waals surface area contributed by atoms with Crippen molar-refractivity contribution in [2.24, 2.45) is 0 Å². The third kappa shape index (κ3) is 4.16. The fourth-order valence-electron chi connectivity index (χ4n) is 1.62. The average molecular weight is 250 g/mol. The van der Waals surface area contributed by atoms with Gasteiger partial charge in [-0.3, -0.25) is 14.6 Å². The molecule has 0 bridgehead atoms. The first kappa shape index (κ1) is 14.2. The zero-order valence-electron chi connectivity index (χ0n) is 10.7. The molecule has 0 saturated carbocycles. The number of aliphatic carboxylic acids is 1. The Morgan fingerprint density at radius 1 is 1.44 bits per heavy atom. The molecule has 18 heavy (non-hydrogen) atoms. The molecule has 5 heteroatoms. The van der Waals surface area contributed by atoms with Gasteiger partial charge in [-0.2, -0.15) is 0 Å². The van der Waals surface area contributed by atoms with E-state index in [4.69, 9.17) is 5.11 Å². The second-order valence-electron chi connectivity index (χ2n) is 4.17. The molecule has 1 atom stereocenters. The highest BCUT2D eigenvalue weighted by molar-refractivity contribution is 5.83. The average Bonchev–Trinajstić information content (AvgIpc) is 2.36. The van der Waals surface area contributed by atoms with Crippen LogP contribution in [0.1, 0.15) is 26.0 Å². The number of hydrogen-bond acceptors (Lipinski definition) is 3. The number of rotatable bonds is 6. The van der Waals surface area contributed by atoms with Gasteiger partial charge in [0.1, 0.15) is 6.54 Å². The molecule has 0 spiro atoms. The monoisotopic (exact) mass is 250 g/mol. The van der Waals surface area contributed by atoms with Gasteiger partial charge in [0.15, 0.2) is 0 Å². The Morgan fingerprint density at radius 2 is 2.17 bits per heavy atom. The van der Waals surface area contributed by atoms with Gasteiger partial charge in [-0.05, 0) is 25.5 Å². The summed E-state index contributed by atoms with van der Waals surface area (Å²) >= 11 is 0. The molecular formula is C13H18N2O3. The molecule has 1 heterocycles. The lowest BCUT2D eigenvalue weighted by Crippen LogP contribution is -2.42. The van der Waals surface area contributed by atoms with Gasteiger partial charge in [-0.1, -0.05) is 13.0 Å². The first-order chi connectivity index (χ1) is 8.54. The molecule has 0 aliphatic rings. The van der Waals surface area contributed by atoms with Gasteiger partial charge in [0.25, 0.3) is 0 Å². The number of amides is 1. The summed E-state index contributed by atoms with van der Waals surface area (Å²) in [6.07, 6.45) is 2.48. The summed E-state index contributed by atoms with van der Waals surface area (Å²) in [5.74, 6) is -1.20. The fourth-order valence-corrected chi connectivity index (χ4v) is 1.62. The molecule has 0 aliphatic heterocycles. The fraction of sp³-hybridized carbons (Fsp3) is 0.462. The van der Waals surface area contributed by atoms with Crippen molar-refractivity contribution in [2.75, 3.05) is 6.54 Å². The molecular weight excluding hydrogens is 232 g/mol. The molecule has 0 fully saturated rings. The van der Waals surface area contributed by atoms with Gasteiger partial charge in [0.2, 0.25) is 5.91 Å². The molecule has 0 radical (unpaired) electrons. The van der Waals surface area contributed by atoms with E-state index >= 15 is 0 Å². The lowest BCUT2D eigenvalue weighted by atomic mass is 10.2. The van der Waals surface area contributed by atoms with E-state index in [0.29, 0.717) is 5.69 Å². The maximum Gasteiger partial charge on any atom is 0.323 e. The van der Waals surface area contributed by atoms with Gasteiger partial charge in [0, 0.05) is 17.9 Å². The van der Waals surface area contributed by atoms with Crippen LogP contribution in [0.3, 0.4) is 0 Å². The molecule has 1 unspecified atom stereocenters. The number of hydrogen-bond donors (Lipinski definition) is 1. The number of carbonyl (C=O) groups excluding carboxylic acids is 1. The second kappa shape index (κ2) is 6.74. The Morgan fingerprint density at radius 3 is 2.67 bits per heavy atom. The molecule has 98 valence electrons. The van der Waals surface area contributed by atoms with Crippen LogP contribution in [-0.2, 0) is 16.0 Å². The number of carboxylic acids is 1. The highest BCUT2D eigenvalue weighted by Gasteiger charge is 2.21. The topological polar surface area (TPSA) is 70.5 Å². The van der Waals surface area contributed by atoms with Crippen LogP contribution in [0.2, 0.25) is 0 Å². The summed E-state index contributed by atoms with van der Waals surface area (Å²) in [6.45, 7) is 3.51. The molecule has 0 aliphatic carbocycles. The van der Waals surface area contributed by atoms with Crippen LogP contribution in [-0.4, -0.2) is 39.5 Å². The van der Waals surface area contributed by atoms with Crippen LogP contribution >= 0.6 is 0 Å². The summed E-state index contributed by atoms with van der Waals surface area (Å²) in [5, 5.41) is 8.83. The Kier molecular flexibility index (Phi) is 5.30. The molecule has 1 aromatic rings. The highest BCUT2D eigenvalue weighted by Crippen LogP contribution is 2.07. The lowest BCUT2D eigenvalue weighted by Gasteiger charge is -2.26. The molecule has 0 aromatic carbocycles. The zero-order valence-corrected chi connectivity index (χ0v) is 10.7. The predicted molar refractivity (Wildman–Crippen MR) is 67.0 cm³/mol. The second-order valence-corrected chi connectivity index (χ2v) is 4.17. The Hall–Kier alpha value is -1.91. The molecule has 1 rings (SSSR count). The summed E-state index contributed by atoms with van der Waals surface area (Å²) in [5.41, 5.74) is 0.654. The van der Waals surface area contributed by atoms with Crippen molar-refractivity contribution in [3.05, 3.63) is 30.1 Å². The Bertz CT molecular complexity index is 406. The SMILES string of the molecule is CCC(C)N(CC(=O)O)C(=O)Cc1ccccn1. The third-order valence-corrected chi connectivity index (χ3v) is 2.81. The van der Waals surface area contributed by atoms with E-state index in [0.717, 1.165) is 6.42 Å². The van der Waals surface area contributed by atoms with Crippen molar-refractivity contribution in [3.63, 3.8) is 0 Å². The van der Waals surface area contributed by atoms with Crippen molar-refractivity contribution in [1.82, 2.24) is 9.88 Å². The van der Waals surface area contributed by atoms with E-state index < -0.39 is 5.97 Å². The number of pyridine rings is 1. The van der Waals surface area contributed by atoms with Gasteiger partial charge < -0.3 is 10.0 Å². The van der Waals surface area contributed by atoms with Crippen LogP contribution in [0.4, 0.5) is 0 Å². The van der Waals surface area contributed by atoms with Crippen molar-refractivity contribution < 1.29 is 14.7 Å². The van der Waals surface area contributed by atoms with Crippen molar-refractivity contribution >= 4 is 11.9 Å². The summed E-state index contributed by atoms with van der Waals surface area (Å²) in [7, 11) is 0. The van der Waals surface area contributed by atoms with Crippen LogP contribution in [0.15, 0.2) is 24.4 Å².